The fraction of sp³-hybridized carbons (Fsp3) is 0.750. The van der Waals surface area contributed by atoms with Gasteiger partial charge >= 0.3 is 0 Å². The lowest BCUT2D eigenvalue weighted by molar-refractivity contribution is -0.759. The first-order valence-electron chi connectivity index (χ1n) is 8.75. The van der Waals surface area contributed by atoms with Crippen LogP contribution in [-0.4, -0.2) is 60.3 Å². The van der Waals surface area contributed by atoms with Gasteiger partial charge in [0.1, 0.15) is 5.88 Å². The molecule has 0 atom stereocenters. The Labute approximate surface area is 154 Å². The Bertz CT molecular complexity index is 595. The minimum absolute atomic E-state index is 0.0357. The Balaban J connectivity index is 1.92. The lowest BCUT2D eigenvalue weighted by Gasteiger charge is -2.33. The first-order valence-corrected chi connectivity index (χ1v) is 9.15. The van der Waals surface area contributed by atoms with Gasteiger partial charge in [0.05, 0.1) is 17.9 Å². The second-order valence-corrected chi connectivity index (χ2v) is 7.17. The van der Waals surface area contributed by atoms with Crippen LogP contribution in [0.4, 0.5) is 5.88 Å². The van der Waals surface area contributed by atoms with E-state index in [0.29, 0.717) is 17.4 Å². The van der Waals surface area contributed by atoms with Crippen LogP contribution >= 0.6 is 12.2 Å². The van der Waals surface area contributed by atoms with Gasteiger partial charge in [-0.05, 0) is 18.9 Å². The third-order valence-electron chi connectivity index (χ3n) is 4.30. The van der Waals surface area contributed by atoms with Crippen molar-refractivity contribution in [3.63, 3.8) is 0 Å². The number of thiocarbonyl (C=S) groups is 1. The summed E-state index contributed by atoms with van der Waals surface area (Å²) in [6.07, 6.45) is 2.02. The highest BCUT2D eigenvalue weighted by atomic mass is 32.1. The van der Waals surface area contributed by atoms with Gasteiger partial charge in [-0.3, -0.25) is 9.69 Å². The van der Waals surface area contributed by atoms with Gasteiger partial charge in [-0.2, -0.15) is 5.01 Å². The molecule has 1 amide bonds. The largest absolute Gasteiger partial charge is 0.613 e. The summed E-state index contributed by atoms with van der Waals surface area (Å²) in [5.41, 5.74) is -0.529. The summed E-state index contributed by atoms with van der Waals surface area (Å²) in [7, 11) is 0. The van der Waals surface area contributed by atoms with Gasteiger partial charge in [-0.25, -0.2) is 0 Å². The number of nitrogens with zero attached hydrogens (tertiary/aromatic N) is 5. The van der Waals surface area contributed by atoms with E-state index < -0.39 is 5.41 Å². The first-order chi connectivity index (χ1) is 11.9. The van der Waals surface area contributed by atoms with E-state index in [9.17, 15) is 4.79 Å². The minimum atomic E-state index is -0.529. The molecular weight excluding hydrogens is 340 g/mol. The highest BCUT2D eigenvalue weighted by Gasteiger charge is 2.25. The lowest BCUT2D eigenvalue weighted by Crippen LogP contribution is -2.65. The van der Waals surface area contributed by atoms with Crippen molar-refractivity contribution in [1.29, 1.82) is 0 Å². The number of aromatic nitrogens is 2. The summed E-state index contributed by atoms with van der Waals surface area (Å²) < 4.78 is 5.29. The molecule has 0 spiro atoms. The number of carbonyl (C=O) groups is 1. The van der Waals surface area contributed by atoms with E-state index in [0.717, 1.165) is 32.7 Å². The highest BCUT2D eigenvalue weighted by molar-refractivity contribution is 7.80. The monoisotopic (exact) mass is 368 g/mol. The molecular formula is C16H28N6O2S. The van der Waals surface area contributed by atoms with E-state index in [-0.39, 0.29) is 12.3 Å². The molecule has 2 heterocycles. The zero-order valence-corrected chi connectivity index (χ0v) is 16.3. The molecule has 1 aromatic rings. The Morgan fingerprint density at radius 2 is 2.08 bits per heavy atom. The van der Waals surface area contributed by atoms with E-state index in [1.165, 1.54) is 0 Å². The zero-order chi connectivity index (χ0) is 18.4. The molecule has 0 aromatic carbocycles. The van der Waals surface area contributed by atoms with Gasteiger partial charge < -0.3 is 15.2 Å². The number of carbonyl (C=O) groups excluding carboxylic acids is 1. The van der Waals surface area contributed by atoms with Crippen LogP contribution in [-0.2, 0) is 4.79 Å². The van der Waals surface area contributed by atoms with Crippen LogP contribution in [0.25, 0.3) is 5.32 Å². The predicted molar refractivity (Wildman–Crippen MR) is 99.5 cm³/mol. The molecule has 0 aliphatic carbocycles. The second kappa shape index (κ2) is 8.57. The summed E-state index contributed by atoms with van der Waals surface area (Å²) in [5.74, 6) is 0.318. The number of piperazine rings is 1. The Kier molecular flexibility index (Phi) is 6.71. The SMILES string of the molecule is CCNC(=O)CC(C)(C)C(=S)[N-]c1c[n+](N2CCN(CC)CC2)no1. The van der Waals surface area contributed by atoms with E-state index in [2.05, 4.69) is 32.7 Å². The average Bonchev–Trinajstić information content (AvgIpc) is 3.03. The van der Waals surface area contributed by atoms with Crippen LogP contribution < -0.4 is 15.1 Å². The average molecular weight is 369 g/mol. The second-order valence-electron chi connectivity index (χ2n) is 6.78. The van der Waals surface area contributed by atoms with Crippen molar-refractivity contribution in [2.45, 2.75) is 34.1 Å². The number of hydrogen-bond donors (Lipinski definition) is 1. The van der Waals surface area contributed by atoms with Gasteiger partial charge in [0.15, 0.2) is 0 Å². The van der Waals surface area contributed by atoms with E-state index >= 15 is 0 Å². The third kappa shape index (κ3) is 5.37. The molecule has 0 unspecified atom stereocenters. The number of nitrogens with one attached hydrogen (secondary N) is 1. The summed E-state index contributed by atoms with van der Waals surface area (Å²) in [6, 6.07) is 0. The summed E-state index contributed by atoms with van der Waals surface area (Å²) in [5, 5.41) is 13.3. The van der Waals surface area contributed by atoms with E-state index in [1.54, 1.807) is 11.0 Å². The van der Waals surface area contributed by atoms with Gasteiger partial charge in [0.25, 0.3) is 6.20 Å². The Morgan fingerprint density at radius 3 is 2.68 bits per heavy atom. The van der Waals surface area contributed by atoms with Crippen LogP contribution in [0.2, 0.25) is 0 Å². The molecule has 2 rings (SSSR count). The van der Waals surface area contributed by atoms with Crippen LogP contribution in [0.15, 0.2) is 10.7 Å². The van der Waals surface area contributed by atoms with Crippen molar-refractivity contribution in [2.75, 3.05) is 44.3 Å². The minimum Gasteiger partial charge on any atom is -0.613 e. The molecule has 140 valence electrons. The van der Waals surface area contributed by atoms with Crippen molar-refractivity contribution in [3.05, 3.63) is 11.5 Å². The van der Waals surface area contributed by atoms with Crippen LogP contribution in [0.1, 0.15) is 34.1 Å². The van der Waals surface area contributed by atoms with Crippen molar-refractivity contribution < 1.29 is 14.1 Å². The van der Waals surface area contributed by atoms with Gasteiger partial charge in [0, 0.05) is 26.1 Å². The lowest BCUT2D eigenvalue weighted by atomic mass is 9.88. The number of amides is 1. The zero-order valence-electron chi connectivity index (χ0n) is 15.5. The molecule has 0 saturated carbocycles. The van der Waals surface area contributed by atoms with Crippen molar-refractivity contribution >= 4 is 29.0 Å². The maximum absolute atomic E-state index is 11.8. The fourth-order valence-electron chi connectivity index (χ4n) is 2.66. The van der Waals surface area contributed by atoms with Crippen LogP contribution in [0.3, 0.4) is 0 Å². The Hall–Kier alpha value is -1.74. The molecule has 25 heavy (non-hydrogen) atoms. The van der Waals surface area contributed by atoms with E-state index in [1.807, 2.05) is 20.8 Å². The fourth-order valence-corrected chi connectivity index (χ4v) is 2.82. The maximum atomic E-state index is 11.8. The van der Waals surface area contributed by atoms with Crippen molar-refractivity contribution in [3.8, 4) is 0 Å². The number of likely N-dealkylation sites (N-methyl/N-ethyl adjacent to an activating group) is 1. The summed E-state index contributed by atoms with van der Waals surface area (Å²) >= 11 is 5.41. The highest BCUT2D eigenvalue weighted by Crippen LogP contribution is 2.30. The molecule has 9 heteroatoms. The van der Waals surface area contributed by atoms with Crippen molar-refractivity contribution in [1.82, 2.24) is 15.5 Å². The molecule has 1 saturated heterocycles. The summed E-state index contributed by atoms with van der Waals surface area (Å²) in [6.45, 7) is 13.3. The molecule has 1 aliphatic heterocycles. The van der Waals surface area contributed by atoms with Gasteiger partial charge in [-0.15, -0.1) is 12.2 Å². The molecule has 1 aliphatic rings. The van der Waals surface area contributed by atoms with Crippen molar-refractivity contribution in [2.24, 2.45) is 5.41 Å². The van der Waals surface area contributed by atoms with Gasteiger partial charge in [-0.1, -0.05) is 25.8 Å². The van der Waals surface area contributed by atoms with E-state index in [4.69, 9.17) is 16.7 Å². The predicted octanol–water partition coefficient (Wildman–Crippen LogP) is 1.12. The van der Waals surface area contributed by atoms with Crippen LogP contribution in [0.5, 0.6) is 0 Å². The topological polar surface area (TPSA) is 79.6 Å². The third-order valence-corrected chi connectivity index (χ3v) is 4.94. The normalized spacial score (nSPS) is 15.9. The molecule has 0 radical (unpaired) electrons. The number of hydrogen-bond acceptors (Lipinski definition) is 6. The smallest absolute Gasteiger partial charge is 0.257 e. The van der Waals surface area contributed by atoms with Gasteiger partial charge in [0.2, 0.25) is 11.2 Å². The first kappa shape index (κ1) is 19.6. The van der Waals surface area contributed by atoms with Crippen LogP contribution in [0, 0.1) is 5.41 Å². The molecule has 1 aromatic heterocycles. The molecule has 1 fully saturated rings. The Morgan fingerprint density at radius 1 is 1.40 bits per heavy atom. The quantitative estimate of drug-likeness (QED) is 0.574. The molecule has 8 nitrogen and oxygen atoms in total. The summed E-state index contributed by atoms with van der Waals surface area (Å²) in [4.78, 5) is 16.3. The standard InChI is InChI=1S/C16H28N6O2S/c1-5-17-13(23)11-16(3,4)15(25)18-14-12-22(19-24-14)21-9-7-20(6-2)8-10-21/h12H,5-11H2,1-4H3,(H-,17,18,19,23,25). The number of rotatable bonds is 7. The maximum Gasteiger partial charge on any atom is 0.257 e. The molecule has 0 bridgehead atoms. The molecule has 1 N–H and O–H groups in total.